The Labute approximate surface area is 829 Å². The zero-order valence-corrected chi connectivity index (χ0v) is 85.8. The highest BCUT2D eigenvalue weighted by atomic mass is 16.5. The molecule has 8 heteroatoms. The summed E-state index contributed by atoms with van der Waals surface area (Å²) in [4.78, 5) is 4.62. The fourth-order valence-electron chi connectivity index (χ4n) is 16.0. The molecular weight excluding hydrogens is 1570 g/mol. The molecule has 0 unspecified atom stereocenters. The van der Waals surface area contributed by atoms with Gasteiger partial charge in [-0.25, -0.2) is 0 Å². The average molecular weight is 1760 g/mol. The lowest BCUT2D eigenvalue weighted by atomic mass is 9.31. The highest BCUT2D eigenvalue weighted by Gasteiger charge is 2.50. The molecule has 0 saturated carbocycles. The Bertz CT molecular complexity index is 7320. The number of benzene rings is 11. The average Bonchev–Trinajstić information content (AvgIpc) is 0.655. The Hall–Kier alpha value is -9.65. The van der Waals surface area contributed by atoms with Gasteiger partial charge in [0.05, 0.1) is 52.5 Å². The van der Waals surface area contributed by atoms with Gasteiger partial charge in [0.2, 0.25) is 0 Å². The Kier molecular flexibility index (Phi) is 15.1. The number of fused-ring (bicyclic) bond motifs is 8. The van der Waals surface area contributed by atoms with E-state index in [2.05, 4.69) is 0 Å². The summed E-state index contributed by atoms with van der Waals surface area (Å²) in [5.74, 6) is -2.50. The van der Waals surface area contributed by atoms with Crippen LogP contribution < -0.4 is 61.9 Å². The van der Waals surface area contributed by atoms with Gasteiger partial charge in [0, 0.05) is 69.0 Å². The van der Waals surface area contributed by atoms with Crippen molar-refractivity contribution in [1.29, 1.82) is 0 Å². The number of nitrogens with zero attached hydrogens (tertiary/aromatic N) is 4. The lowest BCUT2D eigenvalue weighted by Gasteiger charge is -2.45. The molecule has 6 nitrogen and oxygen atoms in total. The normalized spacial score (nSPS) is 17.8. The number of rotatable bonds is 8. The van der Waals surface area contributed by atoms with E-state index in [1.54, 1.807) is 291 Å². The maximum atomic E-state index is 12.9. The first-order valence-corrected chi connectivity index (χ1v) is 46.2. The van der Waals surface area contributed by atoms with Crippen molar-refractivity contribution in [3.05, 3.63) is 259 Å². The van der Waals surface area contributed by atoms with Gasteiger partial charge in [-0.3, -0.25) is 0 Å². The van der Waals surface area contributed by atoms with Gasteiger partial charge in [-0.05, 0) is 295 Å². The van der Waals surface area contributed by atoms with Crippen molar-refractivity contribution >= 4 is 114 Å². The largest absolute Gasteiger partial charge is 0.458 e. The van der Waals surface area contributed by atoms with E-state index in [1.165, 1.54) is 9.80 Å². The Morgan fingerprint density at radius 3 is 0.585 bits per heavy atom. The van der Waals surface area contributed by atoms with E-state index >= 15 is 0 Å². The van der Waals surface area contributed by atoms with E-state index in [-0.39, 0.29) is 114 Å². The van der Waals surface area contributed by atoms with Gasteiger partial charge >= 0.3 is 0 Å². The first-order chi connectivity index (χ1) is 72.0. The third-order valence-corrected chi connectivity index (χ3v) is 24.3. The molecule has 11 aromatic carbocycles. The molecule has 4 aliphatic rings. The highest BCUT2D eigenvalue weighted by Crippen LogP contribution is 2.55. The minimum Gasteiger partial charge on any atom is -0.458 e. The molecule has 682 valence electrons. The molecule has 130 heavy (non-hydrogen) atoms. The standard InChI is InChI=1S/C122H156B2N4O2/c1-109(2,3)73-43-45-95-103(65-73)129-105-69-93(125(87-53-75(111(7,8)9)47-76(54-87)112(10,11)12)88-55-77(113(13,14)15)48-78(56-88)114(16,17)18)67-101-107(105)123(95)97-71-100-98(72-99(97)127(101)91-61-83(119(31,32)33)51-84(62-91)120(34,35)36)124-96-46-44-74(110(4,5)6)66-104(96)130-106-70-94(68-102(108(106)124)128(100)92-63-85(121(37,38)39)52-86(64-92)122(40,41)42)126(89-57-79(115(19,20)21)49-80(58-89)116(22,23)24)90-59-81(117(25,26)27)50-82(60-90)118(28,29)30/h43-72H,1-42H3/i43D,44D,45D,46D,47D,48D,49D,50D,51D,52D,53D,54D,55D,56D,57D,58D,59D,60D,61D,62D,63D,64D,65D,66D,67D,68D,69D,70D,71D,72D. The smallest absolute Gasteiger partial charge is 0.256 e. The van der Waals surface area contributed by atoms with Gasteiger partial charge in [0.25, 0.3) is 13.4 Å². The van der Waals surface area contributed by atoms with Gasteiger partial charge in [-0.2, -0.15) is 0 Å². The van der Waals surface area contributed by atoms with Gasteiger partial charge < -0.3 is 29.1 Å². The molecule has 0 amide bonds. The number of hydrogen-bond donors (Lipinski definition) is 0. The molecule has 0 aromatic heterocycles. The lowest BCUT2D eigenvalue weighted by Crippen LogP contribution is -2.63. The summed E-state index contributed by atoms with van der Waals surface area (Å²) in [5, 5.41) is 0. The van der Waals surface area contributed by atoms with Gasteiger partial charge in [-0.1, -0.05) is 351 Å². The first kappa shape index (κ1) is 63.5. The number of hydrogen-bond acceptors (Lipinski definition) is 6. The third-order valence-electron chi connectivity index (χ3n) is 24.3. The van der Waals surface area contributed by atoms with Crippen molar-refractivity contribution in [2.45, 2.75) is 367 Å². The van der Waals surface area contributed by atoms with Crippen LogP contribution in [0, 0.1) is 0 Å². The molecular formula is C122H156B2N4O2. The van der Waals surface area contributed by atoms with Gasteiger partial charge in [0.1, 0.15) is 23.0 Å². The molecule has 0 radical (unpaired) electrons. The summed E-state index contributed by atoms with van der Waals surface area (Å²) in [6.45, 7) is 69.2. The van der Waals surface area contributed by atoms with Crippen molar-refractivity contribution in [2.75, 3.05) is 19.6 Å². The van der Waals surface area contributed by atoms with Gasteiger partial charge in [0.15, 0.2) is 0 Å². The highest BCUT2D eigenvalue weighted by molar-refractivity contribution is 7.01. The second-order valence-electron chi connectivity index (χ2n) is 50.9. The number of anilines is 12. The van der Waals surface area contributed by atoms with Crippen LogP contribution in [-0.2, 0) is 75.8 Å². The maximum absolute atomic E-state index is 12.9. The predicted octanol–water partition coefficient (Wildman–Crippen LogP) is 31.6. The zero-order valence-electron chi connectivity index (χ0n) is 116. The monoisotopic (exact) mass is 1760 g/mol. The lowest BCUT2D eigenvalue weighted by molar-refractivity contribution is 0.483. The minimum atomic E-state index is -2.17. The second kappa shape index (κ2) is 31.0. The SMILES string of the molecule is [2H]c1c([2H])c(C(C)(C)C)c([2H])c2c1B1c3c([2H])c4c(c([2H])c3N(c3c([2H])c(C(C)(C)C)c([2H])c(C(C)(C)C)c3[2H])c3c([2H])c(N(c5c([2H])c(C(C)(C)C)c([2H])c(C(C)(C)C)c5[2H])c5c([2H])c(C(C)(C)C)c([2H])c(C(C)(C)C)c5[2H])c([2H])c(c31)O2)B1c2c([2H])c([2H])c(C(C)(C)C)c([2H])c2Oc2c([2H])c(N(c3c([2H])c(C(C)(C)C)c([2H])c(C(C)(C)C)c3[2H])c3c([2H])c(C(C)(C)C)c([2H])c(C(C)(C)C)c3[2H])c([2H])c(c21)N4c1c([2H])c(C(C)(C)C)c([2H])c(C(C)(C)C)c1[2H]. The fraction of sp³-hybridized carbons (Fsp3) is 0.459. The quantitative estimate of drug-likeness (QED) is 0.141. The van der Waals surface area contributed by atoms with E-state index < -0.39 is 358 Å². The molecule has 0 spiro atoms. The van der Waals surface area contributed by atoms with Gasteiger partial charge in [-0.15, -0.1) is 0 Å². The summed E-state index contributed by atoms with van der Waals surface area (Å²) < 4.78 is 353. The van der Waals surface area contributed by atoms with Crippen molar-refractivity contribution in [3.63, 3.8) is 0 Å². The van der Waals surface area contributed by atoms with Crippen molar-refractivity contribution in [1.82, 2.24) is 0 Å². The second-order valence-corrected chi connectivity index (χ2v) is 50.9. The molecule has 4 aliphatic heterocycles. The summed E-state index contributed by atoms with van der Waals surface area (Å²) in [7, 11) is 0. The molecule has 15 rings (SSSR count). The summed E-state index contributed by atoms with van der Waals surface area (Å²) in [5.41, 5.74) is -27.8. The van der Waals surface area contributed by atoms with Crippen molar-refractivity contribution < 1.29 is 50.6 Å². The molecule has 4 heterocycles. The third kappa shape index (κ3) is 18.1. The van der Waals surface area contributed by atoms with Crippen LogP contribution in [0.3, 0.4) is 0 Å². The molecule has 0 bridgehead atoms. The van der Waals surface area contributed by atoms with Crippen LogP contribution in [0.5, 0.6) is 23.0 Å². The van der Waals surface area contributed by atoms with E-state index in [0.29, 0.717) is 0 Å². The minimum absolute atomic E-state index is 0.0225. The van der Waals surface area contributed by atoms with Crippen LogP contribution in [0.1, 0.15) is 410 Å². The fourth-order valence-corrected chi connectivity index (χ4v) is 16.0. The van der Waals surface area contributed by atoms with Crippen LogP contribution in [-0.4, -0.2) is 13.4 Å². The first-order valence-electron chi connectivity index (χ1n) is 61.2. The van der Waals surface area contributed by atoms with Crippen LogP contribution in [0.2, 0.25) is 0 Å². The predicted molar refractivity (Wildman–Crippen MR) is 569 cm³/mol. The van der Waals surface area contributed by atoms with Crippen LogP contribution in [0.25, 0.3) is 0 Å². The molecule has 0 N–H and O–H groups in total. The van der Waals surface area contributed by atoms with E-state index in [1.807, 2.05) is 0 Å². The molecule has 0 fully saturated rings. The number of ether oxygens (including phenoxy) is 2. The van der Waals surface area contributed by atoms with E-state index in [4.69, 9.17) is 9.47 Å². The molecule has 0 atom stereocenters. The van der Waals surface area contributed by atoms with Crippen molar-refractivity contribution in [3.8, 4) is 23.0 Å². The Morgan fingerprint density at radius 2 is 0.385 bits per heavy atom. The topological polar surface area (TPSA) is 31.4 Å². The van der Waals surface area contributed by atoms with E-state index in [9.17, 15) is 41.1 Å². The van der Waals surface area contributed by atoms with Crippen molar-refractivity contribution in [2.24, 2.45) is 0 Å². The summed E-state index contributed by atoms with van der Waals surface area (Å²) in [6.07, 6.45) is 0. The maximum Gasteiger partial charge on any atom is 0.256 e. The van der Waals surface area contributed by atoms with E-state index in [0.717, 1.165) is 9.80 Å². The van der Waals surface area contributed by atoms with Crippen LogP contribution in [0.4, 0.5) is 68.2 Å². The van der Waals surface area contributed by atoms with Crippen LogP contribution in [0.15, 0.2) is 181 Å². The molecule has 0 aliphatic carbocycles. The van der Waals surface area contributed by atoms with Crippen LogP contribution >= 0.6 is 0 Å². The summed E-state index contributed by atoms with van der Waals surface area (Å²) in [6, 6.07) is -17.6. The Morgan fingerprint density at radius 1 is 0.192 bits per heavy atom. The molecule has 0 saturated heterocycles. The zero-order chi connectivity index (χ0) is 122. The summed E-state index contributed by atoms with van der Waals surface area (Å²) >= 11 is 0. The Balaban J connectivity index is 1.37. The molecule has 11 aromatic rings.